The SMILES string of the molecule is Nc1cnc2ccc(Br)cc2c1NCC1CCC(O)CC1. The highest BCUT2D eigenvalue weighted by molar-refractivity contribution is 9.10. The van der Waals surface area contributed by atoms with Crippen LogP contribution in [0, 0.1) is 5.92 Å². The number of nitrogens with two attached hydrogens (primary N) is 1. The van der Waals surface area contributed by atoms with Crippen molar-refractivity contribution in [1.82, 2.24) is 4.98 Å². The topological polar surface area (TPSA) is 71.2 Å². The van der Waals surface area contributed by atoms with Gasteiger partial charge in [-0.25, -0.2) is 0 Å². The summed E-state index contributed by atoms with van der Waals surface area (Å²) in [4.78, 5) is 4.37. The number of aliphatic hydroxyl groups is 1. The van der Waals surface area contributed by atoms with Crippen LogP contribution in [0.3, 0.4) is 0 Å². The number of benzene rings is 1. The van der Waals surface area contributed by atoms with E-state index in [0.717, 1.165) is 53.3 Å². The summed E-state index contributed by atoms with van der Waals surface area (Å²) in [6.45, 7) is 0.891. The zero-order valence-electron chi connectivity index (χ0n) is 11.8. The number of anilines is 2. The fourth-order valence-corrected chi connectivity index (χ4v) is 3.33. The molecule has 1 heterocycles. The standard InChI is InChI=1S/C16H20BrN3O/c17-11-3-6-15-13(7-11)16(14(18)9-19-15)20-8-10-1-4-12(21)5-2-10/h3,6-7,9-10,12,21H,1-2,4-5,8,18H2,(H,19,20). The van der Waals surface area contributed by atoms with Crippen LogP contribution in [0.25, 0.3) is 10.9 Å². The van der Waals surface area contributed by atoms with Crippen LogP contribution in [-0.2, 0) is 0 Å². The predicted octanol–water partition coefficient (Wildman–Crippen LogP) is 3.54. The molecule has 1 aliphatic carbocycles. The lowest BCUT2D eigenvalue weighted by atomic mass is 9.87. The van der Waals surface area contributed by atoms with Gasteiger partial charge in [-0.15, -0.1) is 0 Å². The molecule has 4 N–H and O–H groups in total. The van der Waals surface area contributed by atoms with Gasteiger partial charge in [-0.2, -0.15) is 0 Å². The van der Waals surface area contributed by atoms with Gasteiger partial charge in [-0.1, -0.05) is 15.9 Å². The summed E-state index contributed by atoms with van der Waals surface area (Å²) in [7, 11) is 0. The number of hydrogen-bond donors (Lipinski definition) is 3. The number of aromatic nitrogens is 1. The first-order valence-electron chi connectivity index (χ1n) is 7.39. The first kappa shape index (κ1) is 14.6. The molecular weight excluding hydrogens is 330 g/mol. The third-order valence-electron chi connectivity index (χ3n) is 4.24. The molecule has 0 aliphatic heterocycles. The van der Waals surface area contributed by atoms with E-state index in [1.165, 1.54) is 0 Å². The van der Waals surface area contributed by atoms with Crippen molar-refractivity contribution < 1.29 is 5.11 Å². The van der Waals surface area contributed by atoms with Crippen molar-refractivity contribution in [2.24, 2.45) is 5.92 Å². The Morgan fingerprint density at radius 2 is 2.05 bits per heavy atom. The highest BCUT2D eigenvalue weighted by Gasteiger charge is 2.19. The minimum absolute atomic E-state index is 0.107. The third kappa shape index (κ3) is 3.30. The summed E-state index contributed by atoms with van der Waals surface area (Å²) >= 11 is 3.50. The Morgan fingerprint density at radius 1 is 1.29 bits per heavy atom. The van der Waals surface area contributed by atoms with Crippen molar-refractivity contribution in [2.45, 2.75) is 31.8 Å². The molecule has 1 aromatic heterocycles. The molecular formula is C16H20BrN3O. The molecule has 1 fully saturated rings. The van der Waals surface area contributed by atoms with Gasteiger partial charge in [0.05, 0.1) is 29.2 Å². The number of pyridine rings is 1. The highest BCUT2D eigenvalue weighted by atomic mass is 79.9. The second-order valence-corrected chi connectivity index (χ2v) is 6.72. The van der Waals surface area contributed by atoms with E-state index >= 15 is 0 Å². The average Bonchev–Trinajstić information content (AvgIpc) is 2.48. The van der Waals surface area contributed by atoms with Gasteiger partial charge in [0.25, 0.3) is 0 Å². The number of nitrogens with zero attached hydrogens (tertiary/aromatic N) is 1. The number of halogens is 1. The summed E-state index contributed by atoms with van der Waals surface area (Å²) in [6, 6.07) is 6.02. The molecule has 0 radical (unpaired) electrons. The van der Waals surface area contributed by atoms with Gasteiger partial charge in [-0.05, 0) is 49.8 Å². The lowest BCUT2D eigenvalue weighted by Gasteiger charge is -2.26. The van der Waals surface area contributed by atoms with E-state index in [0.29, 0.717) is 11.6 Å². The van der Waals surface area contributed by atoms with Crippen LogP contribution < -0.4 is 11.1 Å². The molecule has 0 bridgehead atoms. The number of fused-ring (bicyclic) bond motifs is 1. The minimum atomic E-state index is -0.107. The zero-order valence-corrected chi connectivity index (χ0v) is 13.4. The van der Waals surface area contributed by atoms with Gasteiger partial charge in [0.15, 0.2) is 0 Å². The van der Waals surface area contributed by atoms with Crippen LogP contribution in [0.2, 0.25) is 0 Å². The van der Waals surface area contributed by atoms with Crippen LogP contribution in [-0.4, -0.2) is 22.7 Å². The van der Waals surface area contributed by atoms with Crippen molar-refractivity contribution in [3.8, 4) is 0 Å². The quantitative estimate of drug-likeness (QED) is 0.792. The molecule has 1 aliphatic rings. The Kier molecular flexibility index (Phi) is 4.31. The fourth-order valence-electron chi connectivity index (χ4n) is 2.97. The van der Waals surface area contributed by atoms with Crippen molar-refractivity contribution >= 4 is 38.2 Å². The molecule has 2 aromatic rings. The Hall–Kier alpha value is -1.33. The lowest BCUT2D eigenvalue weighted by molar-refractivity contribution is 0.111. The van der Waals surface area contributed by atoms with Crippen LogP contribution in [0.4, 0.5) is 11.4 Å². The van der Waals surface area contributed by atoms with Crippen LogP contribution in [0.5, 0.6) is 0 Å². The van der Waals surface area contributed by atoms with Crippen molar-refractivity contribution in [3.63, 3.8) is 0 Å². The molecule has 112 valence electrons. The maximum Gasteiger partial charge on any atom is 0.0743 e. The first-order valence-corrected chi connectivity index (χ1v) is 8.18. The summed E-state index contributed by atoms with van der Waals surface area (Å²) in [6.07, 6.45) is 5.56. The van der Waals surface area contributed by atoms with Gasteiger partial charge in [0.1, 0.15) is 0 Å². The molecule has 0 amide bonds. The van der Waals surface area contributed by atoms with Gasteiger partial charge >= 0.3 is 0 Å². The lowest BCUT2D eigenvalue weighted by Crippen LogP contribution is -2.23. The molecule has 1 saturated carbocycles. The molecule has 0 saturated heterocycles. The first-order chi connectivity index (χ1) is 10.1. The summed E-state index contributed by atoms with van der Waals surface area (Å²) < 4.78 is 1.02. The predicted molar refractivity (Wildman–Crippen MR) is 90.3 cm³/mol. The summed E-state index contributed by atoms with van der Waals surface area (Å²) in [5.41, 5.74) is 8.68. The van der Waals surface area contributed by atoms with E-state index in [2.05, 4.69) is 26.2 Å². The molecule has 1 aromatic carbocycles. The third-order valence-corrected chi connectivity index (χ3v) is 4.74. The molecule has 0 atom stereocenters. The maximum atomic E-state index is 9.57. The van der Waals surface area contributed by atoms with Crippen LogP contribution in [0.15, 0.2) is 28.9 Å². The summed E-state index contributed by atoms with van der Waals surface area (Å²) in [5.74, 6) is 0.600. The minimum Gasteiger partial charge on any atom is -0.396 e. The van der Waals surface area contributed by atoms with Crippen LogP contribution >= 0.6 is 15.9 Å². The van der Waals surface area contributed by atoms with Gasteiger partial charge in [0.2, 0.25) is 0 Å². The number of rotatable bonds is 3. The van der Waals surface area contributed by atoms with E-state index in [9.17, 15) is 5.11 Å². The van der Waals surface area contributed by atoms with Crippen molar-refractivity contribution in [2.75, 3.05) is 17.6 Å². The molecule has 21 heavy (non-hydrogen) atoms. The Morgan fingerprint density at radius 3 is 2.81 bits per heavy atom. The molecule has 0 unspecified atom stereocenters. The smallest absolute Gasteiger partial charge is 0.0743 e. The molecule has 0 spiro atoms. The monoisotopic (exact) mass is 349 g/mol. The van der Waals surface area contributed by atoms with E-state index in [1.54, 1.807) is 6.20 Å². The Balaban J connectivity index is 1.79. The van der Waals surface area contributed by atoms with Crippen molar-refractivity contribution in [3.05, 3.63) is 28.9 Å². The number of nitrogens with one attached hydrogen (secondary N) is 1. The number of nitrogen functional groups attached to an aromatic ring is 1. The normalized spacial score (nSPS) is 22.4. The van der Waals surface area contributed by atoms with E-state index < -0.39 is 0 Å². The van der Waals surface area contributed by atoms with E-state index in [1.807, 2.05) is 18.2 Å². The average molecular weight is 350 g/mol. The Bertz CT molecular complexity index is 633. The second kappa shape index (κ2) is 6.20. The Labute approximate surface area is 132 Å². The number of hydrogen-bond acceptors (Lipinski definition) is 4. The molecule has 4 nitrogen and oxygen atoms in total. The highest BCUT2D eigenvalue weighted by Crippen LogP contribution is 2.31. The van der Waals surface area contributed by atoms with E-state index in [-0.39, 0.29) is 6.10 Å². The zero-order chi connectivity index (χ0) is 14.8. The fraction of sp³-hybridized carbons (Fsp3) is 0.438. The maximum absolute atomic E-state index is 9.57. The largest absolute Gasteiger partial charge is 0.396 e. The van der Waals surface area contributed by atoms with Gasteiger partial charge < -0.3 is 16.2 Å². The van der Waals surface area contributed by atoms with E-state index in [4.69, 9.17) is 5.73 Å². The molecule has 3 rings (SSSR count). The van der Waals surface area contributed by atoms with Gasteiger partial charge in [0, 0.05) is 16.4 Å². The second-order valence-electron chi connectivity index (χ2n) is 5.81. The van der Waals surface area contributed by atoms with Gasteiger partial charge in [-0.3, -0.25) is 4.98 Å². The molecule has 5 heteroatoms. The van der Waals surface area contributed by atoms with Crippen molar-refractivity contribution in [1.29, 1.82) is 0 Å². The van der Waals surface area contributed by atoms with Crippen LogP contribution in [0.1, 0.15) is 25.7 Å². The number of aliphatic hydroxyl groups excluding tert-OH is 1. The summed E-state index contributed by atoms with van der Waals surface area (Å²) in [5, 5.41) is 14.1.